The standard InChI is InChI=1S/C32H37ClN2O3/c1-22(21-38-28-11-6-9-26(20-28)34-2)17-24-18-23-7-3-4-12-29(23)31(24)13-15-32(16-14-31,30(36)37)35-27-10-5-8-25(33)19-27/h3-12,19-20,22,24,34-35H,13-18,21H2,1-2H3,(H,36,37)/t22-,24+,31?,32?/m1/s1. The quantitative estimate of drug-likeness (QED) is 0.268. The Hall–Kier alpha value is -3.18. The van der Waals surface area contributed by atoms with Gasteiger partial charge in [-0.25, -0.2) is 4.79 Å². The first-order valence-electron chi connectivity index (χ1n) is 13.6. The lowest BCUT2D eigenvalue weighted by molar-refractivity contribution is -0.144. The van der Waals surface area contributed by atoms with Crippen molar-refractivity contribution in [3.05, 3.63) is 88.9 Å². The van der Waals surface area contributed by atoms with Crippen LogP contribution >= 0.6 is 11.6 Å². The molecule has 1 fully saturated rings. The first kappa shape index (κ1) is 26.4. The first-order valence-corrected chi connectivity index (χ1v) is 14.0. The third kappa shape index (κ3) is 5.22. The molecule has 200 valence electrons. The second-order valence-electron chi connectivity index (χ2n) is 11.2. The highest BCUT2D eigenvalue weighted by atomic mass is 35.5. The van der Waals surface area contributed by atoms with Crippen LogP contribution in [0.3, 0.4) is 0 Å². The Morgan fingerprint density at radius 2 is 1.76 bits per heavy atom. The van der Waals surface area contributed by atoms with Crippen LogP contribution in [0.1, 0.15) is 50.2 Å². The number of halogens is 1. The van der Waals surface area contributed by atoms with Crippen molar-refractivity contribution in [3.8, 4) is 5.75 Å². The fourth-order valence-corrected chi connectivity index (χ4v) is 6.93. The van der Waals surface area contributed by atoms with Gasteiger partial charge in [-0.2, -0.15) is 0 Å². The highest BCUT2D eigenvalue weighted by Gasteiger charge is 2.53. The molecule has 0 radical (unpaired) electrons. The number of carbonyl (C=O) groups is 1. The molecule has 0 unspecified atom stereocenters. The molecule has 38 heavy (non-hydrogen) atoms. The average Bonchev–Trinajstić information content (AvgIpc) is 3.21. The van der Waals surface area contributed by atoms with E-state index < -0.39 is 11.5 Å². The van der Waals surface area contributed by atoms with Gasteiger partial charge >= 0.3 is 5.97 Å². The van der Waals surface area contributed by atoms with Crippen molar-refractivity contribution in [1.82, 2.24) is 0 Å². The van der Waals surface area contributed by atoms with E-state index in [-0.39, 0.29) is 5.41 Å². The predicted octanol–water partition coefficient (Wildman–Crippen LogP) is 7.41. The van der Waals surface area contributed by atoms with Gasteiger partial charge < -0.3 is 20.5 Å². The maximum absolute atomic E-state index is 12.6. The van der Waals surface area contributed by atoms with Crippen LogP contribution in [0.15, 0.2) is 72.8 Å². The highest BCUT2D eigenvalue weighted by Crippen LogP contribution is 2.56. The third-order valence-corrected chi connectivity index (χ3v) is 8.99. The van der Waals surface area contributed by atoms with E-state index >= 15 is 0 Å². The zero-order valence-corrected chi connectivity index (χ0v) is 22.9. The number of hydrogen-bond donors (Lipinski definition) is 3. The molecule has 1 spiro atoms. The number of aliphatic carboxylic acids is 1. The van der Waals surface area contributed by atoms with E-state index in [1.54, 1.807) is 12.1 Å². The fourth-order valence-electron chi connectivity index (χ4n) is 6.74. The number of nitrogens with one attached hydrogen (secondary N) is 2. The van der Waals surface area contributed by atoms with E-state index in [0.29, 0.717) is 36.3 Å². The van der Waals surface area contributed by atoms with E-state index in [1.165, 1.54) is 11.1 Å². The van der Waals surface area contributed by atoms with Crippen LogP contribution in [-0.4, -0.2) is 30.3 Å². The summed E-state index contributed by atoms with van der Waals surface area (Å²) in [4.78, 5) is 12.6. The van der Waals surface area contributed by atoms with Gasteiger partial charge in [-0.15, -0.1) is 0 Å². The summed E-state index contributed by atoms with van der Waals surface area (Å²) in [6, 6.07) is 24.2. The Kier molecular flexibility index (Phi) is 7.58. The van der Waals surface area contributed by atoms with E-state index in [9.17, 15) is 9.90 Å². The molecule has 6 heteroatoms. The summed E-state index contributed by atoms with van der Waals surface area (Å²) in [5, 5.41) is 17.5. The average molecular weight is 533 g/mol. The second kappa shape index (κ2) is 10.9. The summed E-state index contributed by atoms with van der Waals surface area (Å²) in [6.45, 7) is 2.93. The zero-order valence-electron chi connectivity index (χ0n) is 22.2. The molecule has 2 atom stereocenters. The normalized spacial score (nSPS) is 25.0. The number of benzene rings is 3. The summed E-state index contributed by atoms with van der Waals surface area (Å²) in [7, 11) is 1.91. The molecule has 0 saturated heterocycles. The largest absolute Gasteiger partial charge is 0.493 e. The van der Waals surface area contributed by atoms with E-state index in [4.69, 9.17) is 16.3 Å². The molecule has 0 bridgehead atoms. The van der Waals surface area contributed by atoms with Gasteiger partial charge in [0.05, 0.1) is 6.61 Å². The number of hydrogen-bond acceptors (Lipinski definition) is 4. The summed E-state index contributed by atoms with van der Waals surface area (Å²) < 4.78 is 6.18. The third-order valence-electron chi connectivity index (χ3n) is 8.76. The molecule has 3 aromatic carbocycles. The number of ether oxygens (including phenoxy) is 1. The molecule has 2 aliphatic carbocycles. The van der Waals surface area contributed by atoms with Crippen LogP contribution in [0.5, 0.6) is 5.75 Å². The fraction of sp³-hybridized carbons (Fsp3) is 0.406. The van der Waals surface area contributed by atoms with Gasteiger partial charge in [0, 0.05) is 29.5 Å². The minimum atomic E-state index is -0.995. The summed E-state index contributed by atoms with van der Waals surface area (Å²) in [5.74, 6) is 0.921. The molecule has 0 aromatic heterocycles. The van der Waals surface area contributed by atoms with Gasteiger partial charge in [0.25, 0.3) is 0 Å². The molecular weight excluding hydrogens is 496 g/mol. The van der Waals surface area contributed by atoms with Gasteiger partial charge in [0.15, 0.2) is 0 Å². The zero-order chi connectivity index (χ0) is 26.8. The van der Waals surface area contributed by atoms with Gasteiger partial charge in [-0.3, -0.25) is 0 Å². The van der Waals surface area contributed by atoms with Crippen molar-refractivity contribution >= 4 is 28.9 Å². The van der Waals surface area contributed by atoms with Gasteiger partial charge in [0.2, 0.25) is 0 Å². The van der Waals surface area contributed by atoms with Crippen LogP contribution in [0.2, 0.25) is 5.02 Å². The lowest BCUT2D eigenvalue weighted by atomic mass is 9.59. The lowest BCUT2D eigenvalue weighted by Gasteiger charge is -2.47. The number of carboxylic acid groups (broad SMARTS) is 1. The van der Waals surface area contributed by atoms with Gasteiger partial charge in [0.1, 0.15) is 11.3 Å². The Morgan fingerprint density at radius 3 is 2.50 bits per heavy atom. The lowest BCUT2D eigenvalue weighted by Crippen LogP contribution is -2.53. The molecular formula is C32H37ClN2O3. The first-order chi connectivity index (χ1) is 18.3. The second-order valence-corrected chi connectivity index (χ2v) is 11.6. The molecule has 0 amide bonds. The maximum atomic E-state index is 12.6. The van der Waals surface area contributed by atoms with E-state index in [1.807, 2.05) is 43.4 Å². The number of rotatable bonds is 9. The van der Waals surface area contributed by atoms with Gasteiger partial charge in [-0.05, 0) is 97.2 Å². The maximum Gasteiger partial charge on any atom is 0.329 e. The predicted molar refractivity (Wildman–Crippen MR) is 154 cm³/mol. The molecule has 0 aliphatic heterocycles. The minimum Gasteiger partial charge on any atom is -0.493 e. The number of fused-ring (bicyclic) bond motifs is 2. The molecule has 2 aliphatic rings. The van der Waals surface area contributed by atoms with Crippen molar-refractivity contribution in [2.45, 2.75) is 56.4 Å². The van der Waals surface area contributed by atoms with Crippen molar-refractivity contribution in [2.75, 3.05) is 24.3 Å². The van der Waals surface area contributed by atoms with Crippen LogP contribution in [0.4, 0.5) is 11.4 Å². The molecule has 3 N–H and O–H groups in total. The molecule has 5 nitrogen and oxygen atoms in total. The monoisotopic (exact) mass is 532 g/mol. The molecule has 3 aromatic rings. The van der Waals surface area contributed by atoms with Gasteiger partial charge in [-0.1, -0.05) is 54.9 Å². The van der Waals surface area contributed by atoms with Crippen molar-refractivity contribution in [1.29, 1.82) is 0 Å². The summed E-state index contributed by atoms with van der Waals surface area (Å²) in [5.41, 5.74) is 3.62. The highest BCUT2D eigenvalue weighted by molar-refractivity contribution is 6.30. The summed E-state index contributed by atoms with van der Waals surface area (Å²) >= 11 is 6.19. The Labute approximate surface area is 230 Å². The molecule has 5 rings (SSSR count). The topological polar surface area (TPSA) is 70.6 Å². The molecule has 0 heterocycles. The minimum absolute atomic E-state index is 0.00807. The van der Waals surface area contributed by atoms with Crippen LogP contribution < -0.4 is 15.4 Å². The Morgan fingerprint density at radius 1 is 1.03 bits per heavy atom. The van der Waals surface area contributed by atoms with E-state index in [2.05, 4.69) is 41.8 Å². The van der Waals surface area contributed by atoms with E-state index in [0.717, 1.165) is 42.8 Å². The SMILES string of the molecule is CNc1cccc(OC[C@H](C)C[C@H]2Cc3ccccc3C23CCC(Nc2cccc(Cl)c2)(C(=O)O)CC3)c1. The van der Waals surface area contributed by atoms with Crippen LogP contribution in [0, 0.1) is 11.8 Å². The smallest absolute Gasteiger partial charge is 0.329 e. The van der Waals surface area contributed by atoms with Crippen LogP contribution in [0.25, 0.3) is 0 Å². The van der Waals surface area contributed by atoms with Crippen LogP contribution in [-0.2, 0) is 16.6 Å². The van der Waals surface area contributed by atoms with Crippen molar-refractivity contribution in [3.63, 3.8) is 0 Å². The molecule has 1 saturated carbocycles. The number of carboxylic acids is 1. The summed E-state index contributed by atoms with van der Waals surface area (Å²) in [6.07, 6.45) is 4.90. The van der Waals surface area contributed by atoms with Crippen molar-refractivity contribution in [2.24, 2.45) is 11.8 Å². The number of anilines is 2. The Bertz CT molecular complexity index is 1280. The van der Waals surface area contributed by atoms with Crippen molar-refractivity contribution < 1.29 is 14.6 Å². The Balaban J connectivity index is 1.33.